The standard InChI is InChI=1S/C31H35N3O2S2/c1-3-36-18-8-15-34-30(35)27(38-31(34)37)21-26-20-25-12-7-9-22(2)28(25)32-29(26)33-16-13-24(14-17-33)19-23-10-5-4-6-11-23/h4-7,9-12,20-21,24H,3,8,13-19H2,1-2H3/b27-21-. The Morgan fingerprint density at radius 2 is 1.92 bits per heavy atom. The van der Waals surface area contributed by atoms with Gasteiger partial charge in [0, 0.05) is 43.8 Å². The topological polar surface area (TPSA) is 45.7 Å². The van der Waals surface area contributed by atoms with Crippen LogP contribution in [-0.4, -0.2) is 53.0 Å². The number of thiocarbonyl (C=S) groups is 1. The summed E-state index contributed by atoms with van der Waals surface area (Å²) in [6.07, 6.45) is 6.15. The molecule has 1 amide bonds. The molecule has 0 atom stereocenters. The highest BCUT2D eigenvalue weighted by molar-refractivity contribution is 8.26. The van der Waals surface area contributed by atoms with Crippen LogP contribution in [0.4, 0.5) is 5.82 Å². The van der Waals surface area contributed by atoms with Crippen molar-refractivity contribution in [2.45, 2.75) is 39.5 Å². The maximum absolute atomic E-state index is 13.3. The third-order valence-corrected chi connectivity index (χ3v) is 8.75. The number of ether oxygens (including phenoxy) is 1. The predicted octanol–water partition coefficient (Wildman–Crippen LogP) is 6.63. The molecule has 0 aliphatic carbocycles. The van der Waals surface area contributed by atoms with Crippen molar-refractivity contribution in [1.82, 2.24) is 9.88 Å². The van der Waals surface area contributed by atoms with Crippen molar-refractivity contribution in [1.29, 1.82) is 0 Å². The number of benzene rings is 2. The molecular weight excluding hydrogens is 510 g/mol. The second kappa shape index (κ2) is 12.4. The molecule has 198 valence electrons. The lowest BCUT2D eigenvalue weighted by atomic mass is 9.90. The number of anilines is 1. The number of fused-ring (bicyclic) bond motifs is 1. The van der Waals surface area contributed by atoms with Gasteiger partial charge in [-0.05, 0) is 68.7 Å². The number of hydrogen-bond acceptors (Lipinski definition) is 6. The van der Waals surface area contributed by atoms with Crippen LogP contribution in [0.2, 0.25) is 0 Å². The fraction of sp³-hybridized carbons (Fsp3) is 0.387. The molecule has 0 radical (unpaired) electrons. The minimum absolute atomic E-state index is 0.0200. The molecule has 2 saturated heterocycles. The summed E-state index contributed by atoms with van der Waals surface area (Å²) in [6, 6.07) is 19.2. The van der Waals surface area contributed by atoms with Crippen LogP contribution in [0.25, 0.3) is 17.0 Å². The number of amides is 1. The van der Waals surface area contributed by atoms with E-state index in [0.29, 0.717) is 34.9 Å². The van der Waals surface area contributed by atoms with E-state index in [0.717, 1.165) is 66.6 Å². The molecule has 0 spiro atoms. The molecule has 1 aromatic heterocycles. The number of carbonyl (C=O) groups excluding carboxylic acids is 1. The Morgan fingerprint density at radius 1 is 1.13 bits per heavy atom. The summed E-state index contributed by atoms with van der Waals surface area (Å²) in [7, 11) is 0. The SMILES string of the molecule is CCOCCCN1C(=O)/C(=C/c2cc3cccc(C)c3nc2N2CCC(Cc3ccccc3)CC2)SC1=S. The van der Waals surface area contributed by atoms with Crippen LogP contribution < -0.4 is 4.90 Å². The Labute approximate surface area is 235 Å². The van der Waals surface area contributed by atoms with E-state index in [9.17, 15) is 4.79 Å². The third kappa shape index (κ3) is 6.11. The van der Waals surface area contributed by atoms with Crippen molar-refractivity contribution in [3.05, 3.63) is 76.2 Å². The molecule has 3 aromatic rings. The Bertz CT molecular complexity index is 1330. The summed E-state index contributed by atoms with van der Waals surface area (Å²) in [5.41, 5.74) is 4.58. The Hall–Kier alpha value is -2.74. The summed E-state index contributed by atoms with van der Waals surface area (Å²) in [4.78, 5) is 23.2. The predicted molar refractivity (Wildman–Crippen MR) is 163 cm³/mol. The van der Waals surface area contributed by atoms with Gasteiger partial charge in [-0.1, -0.05) is 72.5 Å². The second-order valence-corrected chi connectivity index (χ2v) is 11.7. The van der Waals surface area contributed by atoms with Gasteiger partial charge in [0.15, 0.2) is 0 Å². The van der Waals surface area contributed by atoms with Crippen LogP contribution in [-0.2, 0) is 16.0 Å². The average Bonchev–Trinajstić information content (AvgIpc) is 3.19. The summed E-state index contributed by atoms with van der Waals surface area (Å²) >= 11 is 6.96. The highest BCUT2D eigenvalue weighted by atomic mass is 32.2. The molecule has 38 heavy (non-hydrogen) atoms. The highest BCUT2D eigenvalue weighted by Crippen LogP contribution is 2.36. The molecule has 2 aliphatic rings. The lowest BCUT2D eigenvalue weighted by molar-refractivity contribution is -0.122. The first-order chi connectivity index (χ1) is 18.5. The largest absolute Gasteiger partial charge is 0.382 e. The lowest BCUT2D eigenvalue weighted by Crippen LogP contribution is -2.35. The maximum atomic E-state index is 13.3. The zero-order chi connectivity index (χ0) is 26.5. The monoisotopic (exact) mass is 545 g/mol. The van der Waals surface area contributed by atoms with Gasteiger partial charge in [0.25, 0.3) is 5.91 Å². The number of aromatic nitrogens is 1. The van der Waals surface area contributed by atoms with Gasteiger partial charge in [-0.25, -0.2) is 4.98 Å². The normalized spacial score (nSPS) is 17.8. The smallest absolute Gasteiger partial charge is 0.266 e. The van der Waals surface area contributed by atoms with E-state index in [1.807, 2.05) is 13.0 Å². The second-order valence-electron chi connectivity index (χ2n) is 10.1. The number of piperidine rings is 1. The highest BCUT2D eigenvalue weighted by Gasteiger charge is 2.32. The summed E-state index contributed by atoms with van der Waals surface area (Å²) in [5.74, 6) is 1.62. The maximum Gasteiger partial charge on any atom is 0.266 e. The summed E-state index contributed by atoms with van der Waals surface area (Å²) < 4.78 is 6.06. The van der Waals surface area contributed by atoms with Gasteiger partial charge < -0.3 is 9.64 Å². The molecule has 0 saturated carbocycles. The number of pyridine rings is 1. The summed E-state index contributed by atoms with van der Waals surface area (Å²) in [6.45, 7) is 7.90. The van der Waals surface area contributed by atoms with Crippen LogP contribution in [0.5, 0.6) is 0 Å². The fourth-order valence-corrected chi connectivity index (χ4v) is 6.61. The van der Waals surface area contributed by atoms with Crippen LogP contribution in [0, 0.1) is 12.8 Å². The molecule has 7 heteroatoms. The fourth-order valence-electron chi connectivity index (χ4n) is 5.31. The van der Waals surface area contributed by atoms with Gasteiger partial charge in [-0.3, -0.25) is 9.69 Å². The molecule has 2 aliphatic heterocycles. The molecule has 2 aromatic carbocycles. The minimum Gasteiger partial charge on any atom is -0.382 e. The molecule has 0 unspecified atom stereocenters. The molecule has 0 bridgehead atoms. The molecule has 3 heterocycles. The molecule has 5 nitrogen and oxygen atoms in total. The van der Waals surface area contributed by atoms with Crippen molar-refractivity contribution in [3.63, 3.8) is 0 Å². The van der Waals surface area contributed by atoms with Gasteiger partial charge in [-0.15, -0.1) is 0 Å². The molecule has 2 fully saturated rings. The van der Waals surface area contributed by atoms with Gasteiger partial charge in [-0.2, -0.15) is 0 Å². The van der Waals surface area contributed by atoms with Gasteiger partial charge in [0.2, 0.25) is 0 Å². The molecule has 5 rings (SSSR count). The number of rotatable bonds is 9. The van der Waals surface area contributed by atoms with Crippen molar-refractivity contribution in [2.24, 2.45) is 5.92 Å². The Morgan fingerprint density at radius 3 is 2.68 bits per heavy atom. The van der Waals surface area contributed by atoms with Crippen molar-refractivity contribution < 1.29 is 9.53 Å². The first-order valence-corrected chi connectivity index (χ1v) is 14.8. The number of carbonyl (C=O) groups is 1. The van der Waals surface area contributed by atoms with E-state index in [2.05, 4.69) is 66.4 Å². The number of para-hydroxylation sites is 1. The zero-order valence-electron chi connectivity index (χ0n) is 22.2. The van der Waals surface area contributed by atoms with Gasteiger partial charge in [0.05, 0.1) is 10.4 Å². The lowest BCUT2D eigenvalue weighted by Gasteiger charge is -2.34. The van der Waals surface area contributed by atoms with Crippen molar-refractivity contribution in [3.8, 4) is 0 Å². The van der Waals surface area contributed by atoms with E-state index in [4.69, 9.17) is 21.9 Å². The van der Waals surface area contributed by atoms with E-state index >= 15 is 0 Å². The van der Waals surface area contributed by atoms with E-state index in [-0.39, 0.29) is 5.91 Å². The quantitative estimate of drug-likeness (QED) is 0.171. The van der Waals surface area contributed by atoms with Crippen LogP contribution in [0.1, 0.15) is 42.9 Å². The minimum atomic E-state index is -0.0200. The number of aryl methyl sites for hydroxylation is 1. The van der Waals surface area contributed by atoms with Gasteiger partial charge in [0.1, 0.15) is 10.1 Å². The van der Waals surface area contributed by atoms with E-state index in [1.54, 1.807) is 4.90 Å². The average molecular weight is 546 g/mol. The van der Waals surface area contributed by atoms with Gasteiger partial charge >= 0.3 is 0 Å². The number of hydrogen-bond donors (Lipinski definition) is 0. The van der Waals surface area contributed by atoms with Crippen LogP contribution in [0.3, 0.4) is 0 Å². The first kappa shape index (κ1) is 26.9. The van der Waals surface area contributed by atoms with Crippen LogP contribution >= 0.6 is 24.0 Å². The summed E-state index contributed by atoms with van der Waals surface area (Å²) in [5, 5.41) is 1.09. The van der Waals surface area contributed by atoms with Crippen molar-refractivity contribution in [2.75, 3.05) is 37.7 Å². The number of thioether (sulfide) groups is 1. The van der Waals surface area contributed by atoms with E-state index in [1.165, 1.54) is 17.3 Å². The number of nitrogens with zero attached hydrogens (tertiary/aromatic N) is 3. The van der Waals surface area contributed by atoms with Crippen LogP contribution in [0.15, 0.2) is 59.5 Å². The first-order valence-electron chi connectivity index (χ1n) is 13.6. The van der Waals surface area contributed by atoms with E-state index < -0.39 is 0 Å². The molecule has 0 N–H and O–H groups in total. The Balaban J connectivity index is 1.39. The van der Waals surface area contributed by atoms with Crippen molar-refractivity contribution >= 4 is 57.0 Å². The Kier molecular flexibility index (Phi) is 8.77. The third-order valence-electron chi connectivity index (χ3n) is 7.37. The molecular formula is C31H35N3O2S2. The zero-order valence-corrected chi connectivity index (χ0v) is 23.8.